The van der Waals surface area contributed by atoms with E-state index in [4.69, 9.17) is 17.7 Å². The van der Waals surface area contributed by atoms with Gasteiger partial charge in [0.05, 0.1) is 44.4 Å². The summed E-state index contributed by atoms with van der Waals surface area (Å²) in [6, 6.07) is 157. The van der Waals surface area contributed by atoms with Crippen molar-refractivity contribution in [1.29, 1.82) is 0 Å². The highest BCUT2D eigenvalue weighted by Crippen LogP contribution is 2.68. The van der Waals surface area contributed by atoms with Crippen molar-refractivity contribution in [1.82, 2.24) is 0 Å². The first-order valence-corrected chi connectivity index (χ1v) is 47.7. The molecule has 4 heterocycles. The van der Waals surface area contributed by atoms with Crippen LogP contribution in [0.5, 0.6) is 0 Å². The Labute approximate surface area is 801 Å². The summed E-state index contributed by atoms with van der Waals surface area (Å²) in [5.41, 5.74) is 39.8. The highest BCUT2D eigenvalue weighted by atomic mass is 16.3. The smallest absolute Gasteiger partial charge is 0.160 e. The zero-order valence-corrected chi connectivity index (χ0v) is 77.8. The molecule has 8 nitrogen and oxygen atoms in total. The van der Waals surface area contributed by atoms with Crippen molar-refractivity contribution < 1.29 is 17.7 Å². The summed E-state index contributed by atoms with van der Waals surface area (Å²) in [7, 11) is 0. The van der Waals surface area contributed by atoms with Gasteiger partial charge in [0, 0.05) is 100 Å². The van der Waals surface area contributed by atoms with Gasteiger partial charge in [-0.1, -0.05) is 301 Å². The number of hydrogen-bond acceptors (Lipinski definition) is 8. The zero-order valence-electron chi connectivity index (χ0n) is 77.8. The van der Waals surface area contributed by atoms with Gasteiger partial charge >= 0.3 is 0 Å². The lowest BCUT2D eigenvalue weighted by atomic mass is 9.67. The number of rotatable bonds is 17. The molecule has 0 aliphatic heterocycles. The van der Waals surface area contributed by atoms with E-state index in [1.165, 1.54) is 11.1 Å². The van der Waals surface area contributed by atoms with Gasteiger partial charge in [-0.25, -0.2) is 0 Å². The number of nitrogens with zero attached hydrogens (tertiary/aromatic N) is 4. The topological polar surface area (TPSA) is 65.5 Å². The molecule has 0 saturated heterocycles. The second kappa shape index (κ2) is 31.7. The van der Waals surface area contributed by atoms with Gasteiger partial charge in [0.2, 0.25) is 0 Å². The molecule has 138 heavy (non-hydrogen) atoms. The fraction of sp³-hybridized carbons (Fsp3) is 0.0769. The van der Waals surface area contributed by atoms with E-state index < -0.39 is 10.8 Å². The Balaban J connectivity index is 0.794. The minimum Gasteiger partial charge on any atom is -0.455 e. The van der Waals surface area contributed by atoms with Crippen LogP contribution >= 0.6 is 0 Å². The second-order valence-electron chi connectivity index (χ2n) is 37.8. The normalized spacial score (nSPS) is 13.6. The third kappa shape index (κ3) is 12.4. The van der Waals surface area contributed by atoms with Crippen molar-refractivity contribution in [3.63, 3.8) is 0 Å². The Bertz CT molecular complexity index is 8900. The van der Waals surface area contributed by atoms with E-state index in [2.05, 4.69) is 500 Å². The molecule has 0 N–H and O–H groups in total. The number of para-hydroxylation sites is 5. The Morgan fingerprint density at radius 3 is 0.906 bits per heavy atom. The molecule has 0 radical (unpaired) electrons. The summed E-state index contributed by atoms with van der Waals surface area (Å²) in [5.74, 6) is 0. The number of anilines is 12. The van der Waals surface area contributed by atoms with Crippen LogP contribution in [0.1, 0.15) is 89.0 Å². The summed E-state index contributed by atoms with van der Waals surface area (Å²) >= 11 is 0. The largest absolute Gasteiger partial charge is 0.455 e. The molecule has 2 aliphatic rings. The van der Waals surface area contributed by atoms with E-state index in [9.17, 15) is 0 Å². The van der Waals surface area contributed by atoms with E-state index in [0.29, 0.717) is 0 Å². The predicted octanol–water partition coefficient (Wildman–Crippen LogP) is 36.0. The highest BCUT2D eigenvalue weighted by Gasteiger charge is 2.53. The summed E-state index contributed by atoms with van der Waals surface area (Å²) in [5, 5.41) is 7.95. The Kier molecular flexibility index (Phi) is 18.8. The van der Waals surface area contributed by atoms with Gasteiger partial charge in [-0.05, 0) is 279 Å². The van der Waals surface area contributed by atoms with E-state index in [1.807, 2.05) is 0 Å². The van der Waals surface area contributed by atoms with E-state index in [-0.39, 0.29) is 0 Å². The molecule has 0 amide bonds. The maximum Gasteiger partial charge on any atom is 0.160 e. The fourth-order valence-electron chi connectivity index (χ4n) is 23.0. The maximum atomic E-state index is 8.19. The molecule has 26 rings (SSSR count). The molecule has 8 heteroatoms. The molecule has 2 aliphatic carbocycles. The van der Waals surface area contributed by atoms with Crippen LogP contribution < -0.4 is 19.6 Å². The minimum absolute atomic E-state index is 0.723. The Morgan fingerprint density at radius 2 is 0.478 bits per heavy atom. The summed E-state index contributed by atoms with van der Waals surface area (Å²) in [6.07, 6.45) is 0. The lowest BCUT2D eigenvalue weighted by molar-refractivity contribution is 0.668. The Morgan fingerprint density at radius 1 is 0.181 bits per heavy atom. The van der Waals surface area contributed by atoms with Crippen molar-refractivity contribution >= 4 is 156 Å². The molecular weight excluding hydrogens is 1680 g/mol. The minimum atomic E-state index is -1.15. The van der Waals surface area contributed by atoms with Gasteiger partial charge in [0.1, 0.15) is 33.5 Å². The number of furan rings is 4. The van der Waals surface area contributed by atoms with Crippen molar-refractivity contribution in [3.05, 3.63) is 514 Å². The summed E-state index contributed by atoms with van der Waals surface area (Å²) in [4.78, 5) is 9.81. The molecule has 4 aromatic heterocycles. The lowest BCUT2D eigenvalue weighted by Gasteiger charge is -2.36. The first-order valence-electron chi connectivity index (χ1n) is 47.7. The van der Waals surface area contributed by atoms with Gasteiger partial charge in [-0.3, -0.25) is 0 Å². The lowest BCUT2D eigenvalue weighted by Crippen LogP contribution is -2.29. The maximum absolute atomic E-state index is 8.19. The molecule has 1 atom stereocenters. The van der Waals surface area contributed by atoms with Crippen molar-refractivity contribution in [2.45, 2.75) is 66.2 Å². The van der Waals surface area contributed by atoms with Crippen LogP contribution in [0.15, 0.2) is 442 Å². The van der Waals surface area contributed by atoms with Crippen LogP contribution in [0.2, 0.25) is 0 Å². The number of aryl methyl sites for hydroxylation is 8. The third-order valence-electron chi connectivity index (χ3n) is 29.3. The van der Waals surface area contributed by atoms with Gasteiger partial charge in [-0.15, -0.1) is 0 Å². The van der Waals surface area contributed by atoms with Gasteiger partial charge in [0.15, 0.2) is 11.2 Å². The molecule has 0 spiro atoms. The number of fused-ring (bicyclic) bond motifs is 22. The van der Waals surface area contributed by atoms with Gasteiger partial charge < -0.3 is 37.3 Å². The summed E-state index contributed by atoms with van der Waals surface area (Å²) < 4.78 is 31.5. The van der Waals surface area contributed by atoms with Crippen molar-refractivity contribution in [3.8, 4) is 33.4 Å². The van der Waals surface area contributed by atoms with Gasteiger partial charge in [0.25, 0.3) is 0 Å². The van der Waals surface area contributed by atoms with E-state index in [0.717, 1.165) is 267 Å². The van der Waals surface area contributed by atoms with Crippen LogP contribution in [0.3, 0.4) is 0 Å². The standard InChI is InChI=1S/C130H94N4O4/c1-79-51-62-95(63-52-79)131(96-64-53-80(2)54-65-96)109-75-105-123(127-117(109)99-43-24-27-46-113(99)136-127)121-103(129(105,89-32-14-9-15-33-89)90-34-16-10-17-35-90)77-111(132(97-66-55-81(3)56-67-97)98-68-57-82(4)58-69-98)125-120(121)102-70-61-88(74-116(102)138-125)87-31-30-38-92(73-87)130(91-36-18-11-19-37-91)104-78-112(134(94-41-22-13-23-42-94)108-72-84(6)50-60-86(108)8)126-119(101-45-26-29-48-115(101)135-126)122(104)124-106(130)76-110(118-100-44-25-28-47-114(100)137-128(118)124)133(93-39-20-12-21-40-93)107-71-83(5)49-59-85(107)7/h9-78H,1-8H3. The average Bonchev–Trinajstić information content (AvgIpc) is 1.50. The first-order chi connectivity index (χ1) is 67.7. The molecule has 20 aromatic carbocycles. The van der Waals surface area contributed by atoms with Crippen molar-refractivity contribution in [2.75, 3.05) is 19.6 Å². The number of hydrogen-bond donors (Lipinski definition) is 0. The van der Waals surface area contributed by atoms with Crippen LogP contribution in [0.25, 0.3) is 121 Å². The quantitative estimate of drug-likeness (QED) is 0.0894. The third-order valence-corrected chi connectivity index (χ3v) is 29.3. The predicted molar refractivity (Wildman–Crippen MR) is 572 cm³/mol. The van der Waals surface area contributed by atoms with Crippen LogP contribution in [-0.2, 0) is 10.8 Å². The van der Waals surface area contributed by atoms with Crippen LogP contribution in [0.4, 0.5) is 68.2 Å². The molecule has 1 unspecified atom stereocenters. The molecule has 0 fully saturated rings. The van der Waals surface area contributed by atoms with E-state index in [1.54, 1.807) is 0 Å². The second-order valence-corrected chi connectivity index (χ2v) is 37.8. The van der Waals surface area contributed by atoms with E-state index >= 15 is 0 Å². The van der Waals surface area contributed by atoms with Crippen molar-refractivity contribution in [2.24, 2.45) is 0 Å². The van der Waals surface area contributed by atoms with Crippen LogP contribution in [-0.4, -0.2) is 0 Å². The monoisotopic (exact) mass is 1770 g/mol. The molecule has 658 valence electrons. The molecular formula is C130H94N4O4. The summed E-state index contributed by atoms with van der Waals surface area (Å²) in [6.45, 7) is 17.5. The molecule has 0 saturated carbocycles. The SMILES string of the molecule is Cc1ccc(N(c2ccc(C)cc2)c2cc3c(c4c2oc2cc(-c5cccc(C6(c7ccccc7)c7cc(N(c8ccccc8)c8cc(C)ccc8C)c8c(oc9ccccc98)c7-c7c6cc(N(c6ccccc6)c6cc(C)ccc6C)c6oc8ccccc8c76)c5)ccc24)-c2c(cc(N(c4ccc(C)cc4)c4ccc(C)cc4)c4c2oc2ccccc24)C3(c2ccccc2)c2ccccc2)cc1. The fourth-order valence-corrected chi connectivity index (χ4v) is 23.0. The number of benzene rings is 20. The van der Waals surface area contributed by atoms with Gasteiger partial charge in [-0.2, -0.15) is 0 Å². The zero-order chi connectivity index (χ0) is 92.5. The average molecular weight is 1780 g/mol. The first kappa shape index (κ1) is 81.6. The molecule has 0 bridgehead atoms. The Hall–Kier alpha value is -17.2. The molecule has 24 aromatic rings. The highest BCUT2D eigenvalue weighted by molar-refractivity contribution is 6.29. The van der Waals surface area contributed by atoms with Crippen LogP contribution in [0, 0.1) is 55.4 Å².